The number of rotatable bonds is 7. The molecule has 4 aromatic rings. The molecule has 3 nitrogen and oxygen atoms in total. The van der Waals surface area contributed by atoms with E-state index in [0.29, 0.717) is 6.54 Å². The number of carbonyl (C=O) groups excluding carboxylic acids is 1. The molecule has 0 radical (unpaired) electrons. The SMILES string of the molecule is Cc1ccc(C)c(CSc2cn(CCNC(=O)c3ccccc3C)c3ccccc23)c1. The first-order valence-corrected chi connectivity index (χ1v) is 11.6. The van der Waals surface area contributed by atoms with Crippen LogP contribution in [0.25, 0.3) is 10.9 Å². The van der Waals surface area contributed by atoms with Gasteiger partial charge in [0.25, 0.3) is 5.91 Å². The minimum atomic E-state index is -0.0147. The summed E-state index contributed by atoms with van der Waals surface area (Å²) >= 11 is 1.88. The van der Waals surface area contributed by atoms with Gasteiger partial charge in [-0.15, -0.1) is 11.8 Å². The second kappa shape index (κ2) is 9.44. The van der Waals surface area contributed by atoms with E-state index < -0.39 is 0 Å². The molecule has 0 aliphatic rings. The van der Waals surface area contributed by atoms with Gasteiger partial charge in [0.2, 0.25) is 0 Å². The summed E-state index contributed by atoms with van der Waals surface area (Å²) < 4.78 is 2.25. The van der Waals surface area contributed by atoms with E-state index in [-0.39, 0.29) is 5.91 Å². The molecule has 0 spiro atoms. The number of aryl methyl sites for hydroxylation is 3. The molecule has 0 saturated heterocycles. The number of thioether (sulfide) groups is 1. The second-order valence-electron chi connectivity index (χ2n) is 7.99. The summed E-state index contributed by atoms with van der Waals surface area (Å²) in [4.78, 5) is 13.8. The van der Waals surface area contributed by atoms with Crippen LogP contribution in [0, 0.1) is 20.8 Å². The Morgan fingerprint density at radius 2 is 1.71 bits per heavy atom. The molecular weight excluding hydrogens is 400 g/mol. The molecule has 0 fully saturated rings. The van der Waals surface area contributed by atoms with Crippen LogP contribution in [0.15, 0.2) is 77.8 Å². The minimum Gasteiger partial charge on any atom is -0.350 e. The summed E-state index contributed by atoms with van der Waals surface area (Å²) in [7, 11) is 0. The monoisotopic (exact) mass is 428 g/mol. The van der Waals surface area contributed by atoms with Gasteiger partial charge >= 0.3 is 0 Å². The number of carbonyl (C=O) groups is 1. The van der Waals surface area contributed by atoms with Gasteiger partial charge < -0.3 is 9.88 Å². The molecule has 1 heterocycles. The van der Waals surface area contributed by atoms with Gasteiger partial charge in [-0.1, -0.05) is 60.2 Å². The van der Waals surface area contributed by atoms with Crippen molar-refractivity contribution in [3.8, 4) is 0 Å². The van der Waals surface area contributed by atoms with E-state index in [0.717, 1.165) is 23.4 Å². The highest BCUT2D eigenvalue weighted by Gasteiger charge is 2.11. The van der Waals surface area contributed by atoms with Gasteiger partial charge in [-0.05, 0) is 49.6 Å². The van der Waals surface area contributed by atoms with Crippen LogP contribution in [0.1, 0.15) is 32.6 Å². The maximum Gasteiger partial charge on any atom is 0.251 e. The lowest BCUT2D eigenvalue weighted by molar-refractivity contribution is 0.0952. The first-order valence-electron chi connectivity index (χ1n) is 10.6. The van der Waals surface area contributed by atoms with E-state index in [4.69, 9.17) is 0 Å². The number of nitrogens with zero attached hydrogens (tertiary/aromatic N) is 1. The maximum atomic E-state index is 12.5. The van der Waals surface area contributed by atoms with Gasteiger partial charge in [0.1, 0.15) is 0 Å². The largest absolute Gasteiger partial charge is 0.350 e. The second-order valence-corrected chi connectivity index (χ2v) is 9.01. The van der Waals surface area contributed by atoms with Crippen LogP contribution in [0.5, 0.6) is 0 Å². The van der Waals surface area contributed by atoms with Crippen molar-refractivity contribution >= 4 is 28.6 Å². The third kappa shape index (κ3) is 4.86. The number of amides is 1. The topological polar surface area (TPSA) is 34.0 Å². The number of benzene rings is 3. The number of nitrogens with one attached hydrogen (secondary N) is 1. The van der Waals surface area contributed by atoms with E-state index in [1.165, 1.54) is 32.5 Å². The summed E-state index contributed by atoms with van der Waals surface area (Å²) in [5.41, 5.74) is 6.96. The van der Waals surface area contributed by atoms with Crippen molar-refractivity contribution in [2.45, 2.75) is 38.0 Å². The van der Waals surface area contributed by atoms with Crippen molar-refractivity contribution in [1.82, 2.24) is 9.88 Å². The molecule has 0 atom stereocenters. The lowest BCUT2D eigenvalue weighted by atomic mass is 10.1. The van der Waals surface area contributed by atoms with Gasteiger partial charge in [-0.25, -0.2) is 0 Å². The zero-order valence-electron chi connectivity index (χ0n) is 18.3. The molecule has 0 bridgehead atoms. The van der Waals surface area contributed by atoms with Crippen LogP contribution in [-0.2, 0) is 12.3 Å². The first-order chi connectivity index (χ1) is 15.0. The lowest BCUT2D eigenvalue weighted by Crippen LogP contribution is -2.27. The van der Waals surface area contributed by atoms with Gasteiger partial charge in [-0.2, -0.15) is 0 Å². The van der Waals surface area contributed by atoms with E-state index >= 15 is 0 Å². The smallest absolute Gasteiger partial charge is 0.251 e. The Balaban J connectivity index is 1.47. The van der Waals surface area contributed by atoms with Crippen LogP contribution in [-0.4, -0.2) is 17.0 Å². The lowest BCUT2D eigenvalue weighted by Gasteiger charge is -2.09. The highest BCUT2D eigenvalue weighted by atomic mass is 32.2. The van der Waals surface area contributed by atoms with Crippen molar-refractivity contribution in [2.75, 3.05) is 6.54 Å². The molecular formula is C27H28N2OS. The van der Waals surface area contributed by atoms with Crippen molar-refractivity contribution in [3.63, 3.8) is 0 Å². The fourth-order valence-corrected chi connectivity index (χ4v) is 4.99. The Labute approximate surface area is 188 Å². The van der Waals surface area contributed by atoms with E-state index in [2.05, 4.69) is 72.4 Å². The maximum absolute atomic E-state index is 12.5. The minimum absolute atomic E-state index is 0.0147. The van der Waals surface area contributed by atoms with Crippen LogP contribution in [0.3, 0.4) is 0 Å². The Kier molecular flexibility index (Phi) is 6.47. The first kappa shape index (κ1) is 21.3. The molecule has 158 valence electrons. The standard InChI is InChI=1S/C27H28N2OS/c1-19-12-13-20(2)22(16-19)18-31-26-17-29(25-11-7-6-10-24(25)26)15-14-28-27(30)23-9-5-4-8-21(23)3/h4-13,16-17H,14-15,18H2,1-3H3,(H,28,30). The summed E-state index contributed by atoms with van der Waals surface area (Å²) in [6.45, 7) is 7.61. The van der Waals surface area contributed by atoms with E-state index in [9.17, 15) is 4.79 Å². The highest BCUT2D eigenvalue weighted by molar-refractivity contribution is 7.98. The third-order valence-electron chi connectivity index (χ3n) is 5.67. The van der Waals surface area contributed by atoms with Crippen molar-refractivity contribution in [3.05, 3.63) is 101 Å². The Hall–Kier alpha value is -2.98. The average molecular weight is 429 g/mol. The summed E-state index contributed by atoms with van der Waals surface area (Å²) in [5.74, 6) is 0.935. The van der Waals surface area contributed by atoms with Crippen LogP contribution in [0.2, 0.25) is 0 Å². The molecule has 0 unspecified atom stereocenters. The molecule has 0 saturated carbocycles. The van der Waals surface area contributed by atoms with Crippen LogP contribution in [0.4, 0.5) is 0 Å². The van der Waals surface area contributed by atoms with Crippen LogP contribution >= 0.6 is 11.8 Å². The normalized spacial score (nSPS) is 11.1. The molecule has 1 N–H and O–H groups in total. The van der Waals surface area contributed by atoms with E-state index in [1.807, 2.05) is 43.0 Å². The van der Waals surface area contributed by atoms with Crippen LogP contribution < -0.4 is 5.32 Å². The van der Waals surface area contributed by atoms with Gasteiger partial charge in [0, 0.05) is 46.4 Å². The Morgan fingerprint density at radius 3 is 2.55 bits per heavy atom. The Morgan fingerprint density at radius 1 is 0.935 bits per heavy atom. The van der Waals surface area contributed by atoms with Crippen molar-refractivity contribution < 1.29 is 4.79 Å². The molecule has 4 heteroatoms. The summed E-state index contributed by atoms with van der Waals surface area (Å²) in [6, 6.07) is 22.8. The Bertz CT molecular complexity index is 1230. The zero-order chi connectivity index (χ0) is 21.8. The summed E-state index contributed by atoms with van der Waals surface area (Å²) in [5, 5.41) is 4.33. The average Bonchev–Trinajstić information content (AvgIpc) is 3.12. The molecule has 3 aromatic carbocycles. The number of para-hydroxylation sites is 1. The number of hydrogen-bond acceptors (Lipinski definition) is 2. The summed E-state index contributed by atoms with van der Waals surface area (Å²) in [6.07, 6.45) is 2.22. The predicted octanol–water partition coefficient (Wildman–Crippen LogP) is 6.29. The third-order valence-corrected chi connectivity index (χ3v) is 6.76. The van der Waals surface area contributed by atoms with Gasteiger partial charge in [0.05, 0.1) is 0 Å². The fraction of sp³-hybridized carbons (Fsp3) is 0.222. The molecule has 1 aromatic heterocycles. The quantitative estimate of drug-likeness (QED) is 0.351. The highest BCUT2D eigenvalue weighted by Crippen LogP contribution is 2.33. The molecule has 0 aliphatic heterocycles. The van der Waals surface area contributed by atoms with Crippen molar-refractivity contribution in [2.24, 2.45) is 0 Å². The van der Waals surface area contributed by atoms with E-state index in [1.54, 1.807) is 0 Å². The molecule has 0 aliphatic carbocycles. The predicted molar refractivity (Wildman–Crippen MR) is 131 cm³/mol. The number of hydrogen-bond donors (Lipinski definition) is 1. The molecule has 31 heavy (non-hydrogen) atoms. The number of fused-ring (bicyclic) bond motifs is 1. The van der Waals surface area contributed by atoms with Gasteiger partial charge in [0.15, 0.2) is 0 Å². The molecule has 4 rings (SSSR count). The zero-order valence-corrected chi connectivity index (χ0v) is 19.1. The molecule has 1 amide bonds. The van der Waals surface area contributed by atoms with Crippen molar-refractivity contribution in [1.29, 1.82) is 0 Å². The number of aromatic nitrogens is 1. The van der Waals surface area contributed by atoms with Gasteiger partial charge in [-0.3, -0.25) is 4.79 Å². The fourth-order valence-electron chi connectivity index (χ4n) is 3.84.